The van der Waals surface area contributed by atoms with Gasteiger partial charge in [-0.1, -0.05) is 51.4 Å². The maximum absolute atomic E-state index is 13.4. The summed E-state index contributed by atoms with van der Waals surface area (Å²) < 4.78 is 12.3. The quantitative estimate of drug-likeness (QED) is 0.169. The number of carbonyl (C=O) groups is 5. The van der Waals surface area contributed by atoms with Crippen LogP contribution in [0, 0.1) is 22.2 Å². The van der Waals surface area contributed by atoms with Crippen LogP contribution in [0.1, 0.15) is 95.6 Å². The first-order chi connectivity index (χ1) is 28.2. The molecular weight excluding hydrogens is 774 g/mol. The molecule has 0 bridgehead atoms. The number of ether oxygens (including phenoxy) is 2. The molecule has 1 aliphatic carbocycles. The lowest BCUT2D eigenvalue weighted by Gasteiger charge is -2.63. The average molecular weight is 824 g/mol. The smallest absolute Gasteiger partial charge is 0.262 e. The highest BCUT2D eigenvalue weighted by Crippen LogP contribution is 2.55. The Morgan fingerprint density at radius 1 is 0.983 bits per heavy atom. The van der Waals surface area contributed by atoms with Crippen LogP contribution in [0.2, 0.25) is 5.02 Å². The lowest BCUT2D eigenvalue weighted by molar-refractivity contribution is -0.164. The second-order valence-electron chi connectivity index (χ2n) is 16.9. The number of halogens is 1. The van der Waals surface area contributed by atoms with Crippen molar-refractivity contribution in [2.45, 2.75) is 78.0 Å². The van der Waals surface area contributed by atoms with Gasteiger partial charge in [0.2, 0.25) is 11.8 Å². The predicted molar refractivity (Wildman–Crippen MR) is 219 cm³/mol. The van der Waals surface area contributed by atoms with Crippen molar-refractivity contribution >= 4 is 47.0 Å². The Kier molecular flexibility index (Phi) is 12.1. The van der Waals surface area contributed by atoms with Crippen molar-refractivity contribution < 1.29 is 33.4 Å². The molecule has 5 amide bonds. The first-order valence-electron chi connectivity index (χ1n) is 20.2. The maximum atomic E-state index is 13.4. The average Bonchev–Trinajstić information content (AvgIpc) is 3.47. The fourth-order valence-corrected chi connectivity index (χ4v) is 9.54. The summed E-state index contributed by atoms with van der Waals surface area (Å²) in [6, 6.07) is 14.9. The Labute approximate surface area is 349 Å². The number of aryl methyl sites for hydroxylation is 1. The van der Waals surface area contributed by atoms with Gasteiger partial charge in [-0.25, -0.2) is 4.98 Å². The Balaban J connectivity index is 0.803. The van der Waals surface area contributed by atoms with Crippen molar-refractivity contribution in [1.82, 2.24) is 25.4 Å². The molecule has 59 heavy (non-hydrogen) atoms. The molecule has 2 aromatic carbocycles. The number of amides is 5. The molecule has 0 spiro atoms. The number of piperazine rings is 1. The van der Waals surface area contributed by atoms with E-state index < -0.39 is 29.7 Å². The van der Waals surface area contributed by atoms with Gasteiger partial charge in [0, 0.05) is 74.9 Å². The summed E-state index contributed by atoms with van der Waals surface area (Å²) >= 11 is 6.24. The minimum atomic E-state index is -0.979. The first kappa shape index (κ1) is 41.8. The number of anilines is 1. The number of pyridine rings is 1. The number of nitrogens with one attached hydrogen (secondary N) is 2. The van der Waals surface area contributed by atoms with Crippen LogP contribution in [0.25, 0.3) is 0 Å². The molecule has 7 rings (SSSR count). The van der Waals surface area contributed by atoms with Crippen LogP contribution in [-0.4, -0.2) is 108 Å². The van der Waals surface area contributed by atoms with Crippen LogP contribution >= 0.6 is 11.6 Å². The van der Waals surface area contributed by atoms with E-state index in [-0.39, 0.29) is 41.7 Å². The van der Waals surface area contributed by atoms with E-state index in [0.29, 0.717) is 52.7 Å². The van der Waals surface area contributed by atoms with Crippen LogP contribution in [0.3, 0.4) is 0 Å². The van der Waals surface area contributed by atoms with Crippen LogP contribution < -0.4 is 20.3 Å². The Hall–Kier alpha value is -5.36. The van der Waals surface area contributed by atoms with Crippen molar-refractivity contribution in [1.29, 1.82) is 5.26 Å². The van der Waals surface area contributed by atoms with Crippen molar-refractivity contribution in [2.75, 3.05) is 50.8 Å². The summed E-state index contributed by atoms with van der Waals surface area (Å²) in [7, 11) is 0. The van der Waals surface area contributed by atoms with E-state index in [9.17, 15) is 29.2 Å². The number of benzene rings is 2. The Bertz CT molecular complexity index is 2160. The van der Waals surface area contributed by atoms with Gasteiger partial charge in [-0.05, 0) is 61.6 Å². The molecule has 4 heterocycles. The number of nitriles is 1. The zero-order chi connectivity index (χ0) is 42.1. The normalized spacial score (nSPS) is 22.3. The molecule has 1 aromatic heterocycles. The number of aromatic nitrogens is 1. The third-order valence-electron chi connectivity index (χ3n) is 12.2. The highest BCUT2D eigenvalue weighted by atomic mass is 35.5. The molecule has 0 radical (unpaired) electrons. The number of piperidine rings is 1. The van der Waals surface area contributed by atoms with Gasteiger partial charge < -0.3 is 19.7 Å². The number of hydrogen-bond acceptors (Lipinski definition) is 11. The van der Waals surface area contributed by atoms with E-state index in [1.165, 1.54) is 0 Å². The minimum Gasteiger partial charge on any atom is -0.489 e. The summed E-state index contributed by atoms with van der Waals surface area (Å²) in [5.41, 5.74) is 1.56. The van der Waals surface area contributed by atoms with Gasteiger partial charge in [0.15, 0.2) is 0 Å². The van der Waals surface area contributed by atoms with Gasteiger partial charge in [-0.3, -0.25) is 39.1 Å². The number of unbranched alkanes of at least 4 members (excludes halogenated alkanes) is 1. The van der Waals surface area contributed by atoms with E-state index in [0.717, 1.165) is 61.8 Å². The molecule has 14 nitrogen and oxygen atoms in total. The van der Waals surface area contributed by atoms with Crippen molar-refractivity contribution in [3.8, 4) is 11.8 Å². The summed E-state index contributed by atoms with van der Waals surface area (Å²) in [6.07, 6.45) is 3.80. The third kappa shape index (κ3) is 8.42. The number of fused-ring (bicyclic) bond motifs is 1. The molecule has 4 aliphatic rings. The molecule has 3 aromatic rings. The van der Waals surface area contributed by atoms with Gasteiger partial charge >= 0.3 is 0 Å². The number of hydrogen-bond donors (Lipinski definition) is 2. The monoisotopic (exact) mass is 823 g/mol. The SMILES string of the molecule is CC1(C)[C@H](NC(=O)c2ccc(N3CCN(CCOCCCCc4cccc5c4C(=O)N([C@@H]4CCC(=O)NC4=O)C5=O)CC3)nc2)C(C)(C)[C@H]1Oc1ccc(C#N)c(Cl)c1. The lowest BCUT2D eigenvalue weighted by Crippen LogP contribution is -2.74. The molecule has 0 unspecified atom stereocenters. The summed E-state index contributed by atoms with van der Waals surface area (Å²) in [5, 5.41) is 15.0. The van der Waals surface area contributed by atoms with Crippen LogP contribution in [0.5, 0.6) is 5.75 Å². The standard InChI is InChI=1S/C44H50ClN7O7/c1-43(2)41(44(3,4)42(43)59-30-13-11-28(25-46)32(45)24-30)49-37(54)29-12-15-34(47-26-29)51-19-17-50(18-20-51)21-23-58-22-6-5-8-27-9-7-10-31-36(27)40(57)52(39(31)56)33-14-16-35(53)48-38(33)55/h7,9-13,15,24,26,33,41-42H,5-6,8,14,16-23H2,1-4H3,(H,49,54)(H,48,53,55)/t33-,41-,42-/m1/s1. The van der Waals surface area contributed by atoms with Crippen molar-refractivity contribution in [3.05, 3.63) is 87.6 Å². The second-order valence-corrected chi connectivity index (χ2v) is 17.3. The van der Waals surface area contributed by atoms with Gasteiger partial charge in [0.05, 0.1) is 33.9 Å². The fraction of sp³-hybridized carbons (Fsp3) is 0.477. The Morgan fingerprint density at radius 2 is 1.75 bits per heavy atom. The topological polar surface area (TPSA) is 174 Å². The minimum absolute atomic E-state index is 0.0847. The van der Waals surface area contributed by atoms with Crippen molar-refractivity contribution in [2.24, 2.45) is 10.8 Å². The number of rotatable bonds is 14. The van der Waals surface area contributed by atoms with Crippen LogP contribution in [-0.2, 0) is 20.7 Å². The molecule has 2 N–H and O–H groups in total. The first-order valence-corrected chi connectivity index (χ1v) is 20.6. The van der Waals surface area contributed by atoms with Crippen LogP contribution in [0.15, 0.2) is 54.7 Å². The van der Waals surface area contributed by atoms with E-state index in [4.69, 9.17) is 21.1 Å². The maximum Gasteiger partial charge on any atom is 0.262 e. The molecule has 3 aliphatic heterocycles. The zero-order valence-corrected chi connectivity index (χ0v) is 34.6. The fourth-order valence-electron chi connectivity index (χ4n) is 9.33. The molecule has 310 valence electrons. The van der Waals surface area contributed by atoms with E-state index in [1.54, 1.807) is 36.5 Å². The molecule has 2 saturated heterocycles. The molecule has 1 atom stereocenters. The number of nitrogens with zero attached hydrogens (tertiary/aromatic N) is 5. The molecule has 15 heteroatoms. The van der Waals surface area contributed by atoms with Gasteiger partial charge in [0.25, 0.3) is 17.7 Å². The summed E-state index contributed by atoms with van der Waals surface area (Å²) in [6.45, 7) is 13.6. The van der Waals surface area contributed by atoms with E-state index in [2.05, 4.69) is 59.2 Å². The predicted octanol–water partition coefficient (Wildman–Crippen LogP) is 4.78. The van der Waals surface area contributed by atoms with Gasteiger partial charge in [-0.15, -0.1) is 0 Å². The highest BCUT2D eigenvalue weighted by molar-refractivity contribution is 6.31. The summed E-state index contributed by atoms with van der Waals surface area (Å²) in [4.78, 5) is 74.1. The van der Waals surface area contributed by atoms with Gasteiger partial charge in [0.1, 0.15) is 29.8 Å². The zero-order valence-electron chi connectivity index (χ0n) is 33.9. The van der Waals surface area contributed by atoms with Gasteiger partial charge in [-0.2, -0.15) is 5.26 Å². The molecule has 3 fully saturated rings. The largest absolute Gasteiger partial charge is 0.489 e. The second kappa shape index (κ2) is 17.1. The number of imide groups is 2. The van der Waals surface area contributed by atoms with Crippen LogP contribution in [0.4, 0.5) is 5.82 Å². The number of carbonyl (C=O) groups excluding carboxylic acids is 5. The highest BCUT2D eigenvalue weighted by Gasteiger charge is 2.64. The molecular formula is C44H50ClN7O7. The lowest BCUT2D eigenvalue weighted by atomic mass is 9.49. The Morgan fingerprint density at radius 3 is 2.42 bits per heavy atom. The van der Waals surface area contributed by atoms with Crippen molar-refractivity contribution in [3.63, 3.8) is 0 Å². The van der Waals surface area contributed by atoms with E-state index in [1.807, 2.05) is 18.2 Å². The van der Waals surface area contributed by atoms with E-state index >= 15 is 0 Å². The molecule has 1 saturated carbocycles. The third-order valence-corrected chi connectivity index (χ3v) is 12.5. The summed E-state index contributed by atoms with van der Waals surface area (Å²) in [5.74, 6) is -0.757.